The normalized spacial score (nSPS) is 13.3. The van der Waals surface area contributed by atoms with Gasteiger partial charge in [-0.05, 0) is 24.6 Å². The topological polar surface area (TPSA) is 108 Å². The minimum absolute atomic E-state index is 0.0583. The number of carbonyl (C=O) groups is 2. The highest BCUT2D eigenvalue weighted by molar-refractivity contribution is 5.76. The van der Waals surface area contributed by atoms with Gasteiger partial charge in [0.1, 0.15) is 6.04 Å². The van der Waals surface area contributed by atoms with Crippen LogP contribution in [0.2, 0.25) is 0 Å². The average molecular weight is 296 g/mol. The van der Waals surface area contributed by atoms with Crippen LogP contribution in [0.3, 0.4) is 0 Å². The number of carboxylic acid groups (broad SMARTS) is 1. The zero-order chi connectivity index (χ0) is 16.0. The van der Waals surface area contributed by atoms with E-state index in [-0.39, 0.29) is 23.4 Å². The van der Waals surface area contributed by atoms with Crippen molar-refractivity contribution in [2.45, 2.75) is 25.9 Å². The monoisotopic (exact) mass is 296 g/mol. The molecule has 0 aliphatic rings. The SMILES string of the molecule is COc1cc(C(NCC(C)NC(C)=O)C(=O)O)ccc1O. The van der Waals surface area contributed by atoms with Crippen LogP contribution in [0.15, 0.2) is 18.2 Å². The molecule has 21 heavy (non-hydrogen) atoms. The fraction of sp³-hybridized carbons (Fsp3) is 0.429. The van der Waals surface area contributed by atoms with Gasteiger partial charge >= 0.3 is 5.97 Å². The molecule has 4 N–H and O–H groups in total. The molecular formula is C14H20N2O5. The summed E-state index contributed by atoms with van der Waals surface area (Å²) >= 11 is 0. The van der Waals surface area contributed by atoms with Gasteiger partial charge in [-0.25, -0.2) is 0 Å². The van der Waals surface area contributed by atoms with Crippen molar-refractivity contribution >= 4 is 11.9 Å². The third-order valence-corrected chi connectivity index (χ3v) is 2.86. The Balaban J connectivity index is 2.82. The first-order valence-corrected chi connectivity index (χ1v) is 6.45. The molecule has 2 atom stereocenters. The van der Waals surface area contributed by atoms with E-state index >= 15 is 0 Å². The molecule has 7 nitrogen and oxygen atoms in total. The Morgan fingerprint density at radius 1 is 1.38 bits per heavy atom. The number of carbonyl (C=O) groups excluding carboxylic acids is 1. The molecule has 1 rings (SSSR count). The highest BCUT2D eigenvalue weighted by Gasteiger charge is 2.21. The van der Waals surface area contributed by atoms with Crippen LogP contribution in [-0.4, -0.2) is 41.8 Å². The number of phenolic OH excluding ortho intramolecular Hbond substituents is 1. The van der Waals surface area contributed by atoms with Crippen molar-refractivity contribution in [2.24, 2.45) is 0 Å². The fourth-order valence-corrected chi connectivity index (χ4v) is 1.91. The molecule has 0 aliphatic heterocycles. The molecule has 0 aromatic heterocycles. The number of aromatic hydroxyl groups is 1. The second-order valence-corrected chi connectivity index (χ2v) is 4.71. The largest absolute Gasteiger partial charge is 0.504 e. The predicted molar refractivity (Wildman–Crippen MR) is 76.3 cm³/mol. The molecule has 0 radical (unpaired) electrons. The molecule has 0 spiro atoms. The van der Waals surface area contributed by atoms with Gasteiger partial charge in [0.25, 0.3) is 0 Å². The van der Waals surface area contributed by atoms with E-state index in [0.717, 1.165) is 0 Å². The summed E-state index contributed by atoms with van der Waals surface area (Å²) in [4.78, 5) is 22.3. The number of rotatable bonds is 7. The number of methoxy groups -OCH3 is 1. The van der Waals surface area contributed by atoms with E-state index in [4.69, 9.17) is 4.74 Å². The van der Waals surface area contributed by atoms with Gasteiger partial charge in [0, 0.05) is 19.5 Å². The summed E-state index contributed by atoms with van der Waals surface area (Å²) in [6, 6.07) is 3.18. The molecule has 0 heterocycles. The lowest BCUT2D eigenvalue weighted by atomic mass is 10.1. The van der Waals surface area contributed by atoms with E-state index in [9.17, 15) is 19.8 Å². The second-order valence-electron chi connectivity index (χ2n) is 4.71. The molecule has 0 saturated heterocycles. The molecule has 7 heteroatoms. The van der Waals surface area contributed by atoms with E-state index in [1.165, 1.54) is 32.2 Å². The molecule has 0 fully saturated rings. The number of phenols is 1. The molecular weight excluding hydrogens is 276 g/mol. The molecule has 0 bridgehead atoms. The number of benzene rings is 1. The van der Waals surface area contributed by atoms with Crippen LogP contribution in [0, 0.1) is 0 Å². The van der Waals surface area contributed by atoms with Gasteiger partial charge in [0.15, 0.2) is 11.5 Å². The van der Waals surface area contributed by atoms with Gasteiger partial charge in [0.05, 0.1) is 7.11 Å². The maximum absolute atomic E-state index is 11.4. The first kappa shape index (κ1) is 16.8. The van der Waals surface area contributed by atoms with Crippen LogP contribution in [0.1, 0.15) is 25.5 Å². The second kappa shape index (κ2) is 7.49. The van der Waals surface area contributed by atoms with Gasteiger partial charge in [0.2, 0.25) is 5.91 Å². The van der Waals surface area contributed by atoms with Gasteiger partial charge in [-0.1, -0.05) is 6.07 Å². The summed E-state index contributed by atoms with van der Waals surface area (Å²) in [6.07, 6.45) is 0. The molecule has 2 unspecified atom stereocenters. The number of ether oxygens (including phenoxy) is 1. The van der Waals surface area contributed by atoms with Crippen molar-refractivity contribution < 1.29 is 24.5 Å². The lowest BCUT2D eigenvalue weighted by Crippen LogP contribution is -2.41. The quantitative estimate of drug-likeness (QED) is 0.588. The first-order valence-electron chi connectivity index (χ1n) is 6.45. The number of carboxylic acids is 1. The van der Waals surface area contributed by atoms with Crippen LogP contribution in [0.25, 0.3) is 0 Å². The Morgan fingerprint density at radius 3 is 2.57 bits per heavy atom. The van der Waals surface area contributed by atoms with E-state index in [0.29, 0.717) is 12.1 Å². The van der Waals surface area contributed by atoms with Crippen molar-refractivity contribution in [3.05, 3.63) is 23.8 Å². The van der Waals surface area contributed by atoms with Crippen molar-refractivity contribution in [1.82, 2.24) is 10.6 Å². The minimum atomic E-state index is -1.06. The predicted octanol–water partition coefficient (Wildman–Crippen LogP) is 0.641. The van der Waals surface area contributed by atoms with E-state index in [2.05, 4.69) is 10.6 Å². The Hall–Kier alpha value is -2.28. The summed E-state index contributed by atoms with van der Waals surface area (Å²) in [5.41, 5.74) is 0.451. The van der Waals surface area contributed by atoms with Crippen LogP contribution < -0.4 is 15.4 Å². The average Bonchev–Trinajstić information content (AvgIpc) is 2.39. The maximum atomic E-state index is 11.4. The van der Waals surface area contributed by atoms with E-state index in [1.54, 1.807) is 6.92 Å². The van der Waals surface area contributed by atoms with E-state index < -0.39 is 12.0 Å². The van der Waals surface area contributed by atoms with E-state index in [1.807, 2.05) is 0 Å². The van der Waals surface area contributed by atoms with Crippen molar-refractivity contribution in [3.63, 3.8) is 0 Å². The number of hydrogen-bond acceptors (Lipinski definition) is 5. The summed E-state index contributed by atoms with van der Waals surface area (Å²) in [6.45, 7) is 3.46. The number of amides is 1. The van der Waals surface area contributed by atoms with Crippen molar-refractivity contribution in [1.29, 1.82) is 0 Å². The number of nitrogens with one attached hydrogen (secondary N) is 2. The van der Waals surface area contributed by atoms with Gasteiger partial charge < -0.3 is 20.3 Å². The van der Waals surface area contributed by atoms with Crippen LogP contribution in [0.4, 0.5) is 0 Å². The molecule has 116 valence electrons. The Kier molecular flexibility index (Phi) is 5.98. The standard InChI is InChI=1S/C14H20N2O5/c1-8(16-9(2)17)7-15-13(14(19)20)10-4-5-11(18)12(6-10)21-3/h4-6,8,13,15,18H,7H2,1-3H3,(H,16,17)(H,19,20). The highest BCUT2D eigenvalue weighted by Crippen LogP contribution is 2.29. The fourth-order valence-electron chi connectivity index (χ4n) is 1.91. The lowest BCUT2D eigenvalue weighted by Gasteiger charge is -2.19. The number of aliphatic carboxylic acids is 1. The van der Waals surface area contributed by atoms with Crippen LogP contribution in [0.5, 0.6) is 11.5 Å². The molecule has 1 aromatic rings. The molecule has 1 aromatic carbocycles. The van der Waals surface area contributed by atoms with Crippen molar-refractivity contribution in [2.75, 3.05) is 13.7 Å². The summed E-state index contributed by atoms with van der Waals surface area (Å²) < 4.78 is 4.97. The Labute approximate surface area is 122 Å². The molecule has 1 amide bonds. The zero-order valence-electron chi connectivity index (χ0n) is 12.2. The van der Waals surface area contributed by atoms with Gasteiger partial charge in [-0.2, -0.15) is 0 Å². The number of hydrogen-bond donors (Lipinski definition) is 4. The highest BCUT2D eigenvalue weighted by atomic mass is 16.5. The van der Waals surface area contributed by atoms with Crippen LogP contribution in [-0.2, 0) is 9.59 Å². The van der Waals surface area contributed by atoms with Gasteiger partial charge in [-0.3, -0.25) is 14.9 Å². The third kappa shape index (κ3) is 4.96. The van der Waals surface area contributed by atoms with Crippen molar-refractivity contribution in [3.8, 4) is 11.5 Å². The first-order chi connectivity index (χ1) is 9.85. The van der Waals surface area contributed by atoms with Gasteiger partial charge in [-0.15, -0.1) is 0 Å². The third-order valence-electron chi connectivity index (χ3n) is 2.86. The molecule has 0 saturated carbocycles. The maximum Gasteiger partial charge on any atom is 0.325 e. The lowest BCUT2D eigenvalue weighted by molar-refractivity contribution is -0.139. The summed E-state index contributed by atoms with van der Waals surface area (Å²) in [5.74, 6) is -1.09. The van der Waals surface area contributed by atoms with Crippen LogP contribution >= 0.6 is 0 Å². The Morgan fingerprint density at radius 2 is 2.05 bits per heavy atom. The smallest absolute Gasteiger partial charge is 0.325 e. The summed E-state index contributed by atoms with van der Waals surface area (Å²) in [7, 11) is 1.39. The molecule has 0 aliphatic carbocycles. The summed E-state index contributed by atoms with van der Waals surface area (Å²) in [5, 5.41) is 24.4. The Bertz CT molecular complexity index is 518. The minimum Gasteiger partial charge on any atom is -0.504 e. The zero-order valence-corrected chi connectivity index (χ0v) is 12.2.